The molecular weight excluding hydrogens is 320 g/mol. The Balaban J connectivity index is 1.38. The summed E-state index contributed by atoms with van der Waals surface area (Å²) >= 11 is 0. The van der Waals surface area contributed by atoms with Crippen molar-refractivity contribution in [2.75, 3.05) is 19.7 Å². The van der Waals surface area contributed by atoms with Gasteiger partial charge in [-0.1, -0.05) is 42.5 Å². The molecule has 6 nitrogen and oxygen atoms in total. The lowest BCUT2D eigenvalue weighted by Gasteiger charge is -2.26. The molecule has 3 rings (SSSR count). The minimum atomic E-state index is -0.671. The van der Waals surface area contributed by atoms with Crippen LogP contribution >= 0.6 is 0 Å². The molecule has 6 heteroatoms. The first kappa shape index (κ1) is 16.8. The number of ether oxygens (including phenoxy) is 2. The van der Waals surface area contributed by atoms with Crippen LogP contribution in [0.3, 0.4) is 0 Å². The third-order valence-electron chi connectivity index (χ3n) is 3.81. The summed E-state index contributed by atoms with van der Waals surface area (Å²) in [6.07, 6.45) is 0.354. The molecule has 1 aliphatic heterocycles. The zero-order valence-corrected chi connectivity index (χ0v) is 13.7. The number of para-hydroxylation sites is 2. The number of hydrogen-bond acceptors (Lipinski definition) is 4. The lowest BCUT2D eigenvalue weighted by Crippen LogP contribution is -2.46. The van der Waals surface area contributed by atoms with Crippen LogP contribution in [0.2, 0.25) is 0 Å². The van der Waals surface area contributed by atoms with Crippen LogP contribution in [0.25, 0.3) is 0 Å². The zero-order valence-electron chi connectivity index (χ0n) is 13.7. The minimum absolute atomic E-state index is 0.208. The largest absolute Gasteiger partial charge is 0.486 e. The van der Waals surface area contributed by atoms with Gasteiger partial charge in [-0.3, -0.25) is 9.59 Å². The molecule has 2 aromatic carbocycles. The van der Waals surface area contributed by atoms with E-state index in [1.54, 1.807) is 6.07 Å². The highest BCUT2D eigenvalue weighted by Crippen LogP contribution is 2.30. The summed E-state index contributed by atoms with van der Waals surface area (Å²) in [7, 11) is 0. The highest BCUT2D eigenvalue weighted by atomic mass is 16.6. The minimum Gasteiger partial charge on any atom is -0.486 e. The zero-order chi connectivity index (χ0) is 17.5. The Bertz CT molecular complexity index is 733. The molecular formula is C19H20N2O4. The van der Waals surface area contributed by atoms with Gasteiger partial charge >= 0.3 is 11.8 Å². The first-order valence-corrected chi connectivity index (χ1v) is 8.21. The fourth-order valence-corrected chi connectivity index (χ4v) is 2.50. The van der Waals surface area contributed by atoms with E-state index in [4.69, 9.17) is 9.47 Å². The standard InChI is InChI=1S/C19H20N2O4/c22-18(20-11-10-14-6-2-1-3-7-14)19(23)21-12-15-13-24-16-8-4-5-9-17(16)25-15/h1-9,15H,10-13H2,(H,20,22)(H,21,23). The summed E-state index contributed by atoms with van der Waals surface area (Å²) in [5, 5.41) is 5.19. The predicted octanol–water partition coefficient (Wildman–Crippen LogP) is 1.30. The quantitative estimate of drug-likeness (QED) is 0.805. The number of carbonyl (C=O) groups excluding carboxylic acids is 2. The van der Waals surface area contributed by atoms with Gasteiger partial charge in [0.15, 0.2) is 11.5 Å². The van der Waals surface area contributed by atoms with Gasteiger partial charge in [-0.2, -0.15) is 0 Å². The Hall–Kier alpha value is -3.02. The molecule has 2 aromatic rings. The second-order valence-electron chi connectivity index (χ2n) is 5.70. The molecule has 0 saturated carbocycles. The van der Waals surface area contributed by atoms with Crippen molar-refractivity contribution >= 4 is 11.8 Å². The average molecular weight is 340 g/mol. The van der Waals surface area contributed by atoms with Crippen LogP contribution in [0.15, 0.2) is 54.6 Å². The summed E-state index contributed by atoms with van der Waals surface area (Å²) < 4.78 is 11.3. The van der Waals surface area contributed by atoms with Gasteiger partial charge in [0.2, 0.25) is 0 Å². The number of benzene rings is 2. The maximum absolute atomic E-state index is 11.9. The molecule has 130 valence electrons. The fraction of sp³-hybridized carbons (Fsp3) is 0.263. The Kier molecular flexibility index (Phi) is 5.51. The first-order valence-electron chi connectivity index (χ1n) is 8.21. The van der Waals surface area contributed by atoms with Crippen molar-refractivity contribution in [3.63, 3.8) is 0 Å². The van der Waals surface area contributed by atoms with E-state index in [-0.39, 0.29) is 12.6 Å². The van der Waals surface area contributed by atoms with Crippen LogP contribution in [0.4, 0.5) is 0 Å². The number of carbonyl (C=O) groups is 2. The number of amides is 2. The highest BCUT2D eigenvalue weighted by molar-refractivity contribution is 6.35. The van der Waals surface area contributed by atoms with E-state index in [1.165, 1.54) is 0 Å². The van der Waals surface area contributed by atoms with Crippen LogP contribution < -0.4 is 20.1 Å². The van der Waals surface area contributed by atoms with Crippen LogP contribution in [0.5, 0.6) is 11.5 Å². The van der Waals surface area contributed by atoms with E-state index in [0.29, 0.717) is 31.1 Å². The Morgan fingerprint density at radius 1 is 0.920 bits per heavy atom. The molecule has 0 aromatic heterocycles. The van der Waals surface area contributed by atoms with Crippen LogP contribution in [0, 0.1) is 0 Å². The van der Waals surface area contributed by atoms with Crippen LogP contribution in [-0.2, 0) is 16.0 Å². The SMILES string of the molecule is O=C(NCCc1ccccc1)C(=O)NCC1COc2ccccc2O1. The molecule has 2 amide bonds. The van der Waals surface area contributed by atoms with E-state index in [1.807, 2.05) is 48.5 Å². The van der Waals surface area contributed by atoms with Crippen LogP contribution in [0.1, 0.15) is 5.56 Å². The lowest BCUT2D eigenvalue weighted by atomic mass is 10.1. The molecule has 0 fully saturated rings. The molecule has 2 N–H and O–H groups in total. The summed E-state index contributed by atoms with van der Waals surface area (Å²) in [5.74, 6) is 0.00706. The second kappa shape index (κ2) is 8.19. The monoisotopic (exact) mass is 340 g/mol. The number of fused-ring (bicyclic) bond motifs is 1. The number of hydrogen-bond donors (Lipinski definition) is 2. The smallest absolute Gasteiger partial charge is 0.309 e. The predicted molar refractivity (Wildman–Crippen MR) is 92.5 cm³/mol. The van der Waals surface area contributed by atoms with Crippen molar-refractivity contribution in [2.24, 2.45) is 0 Å². The molecule has 0 aliphatic carbocycles. The van der Waals surface area contributed by atoms with Gasteiger partial charge in [0, 0.05) is 6.54 Å². The average Bonchev–Trinajstić information content (AvgIpc) is 2.66. The molecule has 1 aliphatic rings. The summed E-state index contributed by atoms with van der Waals surface area (Å²) in [4.78, 5) is 23.7. The Labute approximate surface area is 146 Å². The van der Waals surface area contributed by atoms with Gasteiger partial charge < -0.3 is 20.1 Å². The Morgan fingerprint density at radius 3 is 2.40 bits per heavy atom. The first-order chi connectivity index (χ1) is 12.2. The Morgan fingerprint density at radius 2 is 1.60 bits per heavy atom. The van der Waals surface area contributed by atoms with E-state index in [9.17, 15) is 9.59 Å². The van der Waals surface area contributed by atoms with Crippen molar-refractivity contribution in [2.45, 2.75) is 12.5 Å². The van der Waals surface area contributed by atoms with Crippen molar-refractivity contribution in [1.29, 1.82) is 0 Å². The summed E-state index contributed by atoms with van der Waals surface area (Å²) in [5.41, 5.74) is 1.11. The maximum atomic E-state index is 11.9. The molecule has 0 radical (unpaired) electrons. The molecule has 1 unspecified atom stereocenters. The van der Waals surface area contributed by atoms with E-state index >= 15 is 0 Å². The van der Waals surface area contributed by atoms with E-state index < -0.39 is 11.8 Å². The van der Waals surface area contributed by atoms with Gasteiger partial charge in [-0.05, 0) is 24.1 Å². The molecule has 1 heterocycles. The maximum Gasteiger partial charge on any atom is 0.309 e. The molecule has 1 atom stereocenters. The third kappa shape index (κ3) is 4.73. The molecule has 0 bridgehead atoms. The molecule has 25 heavy (non-hydrogen) atoms. The van der Waals surface area contributed by atoms with Crippen molar-refractivity contribution in [3.05, 3.63) is 60.2 Å². The van der Waals surface area contributed by atoms with E-state index in [2.05, 4.69) is 10.6 Å². The normalized spacial score (nSPS) is 15.3. The highest BCUT2D eigenvalue weighted by Gasteiger charge is 2.22. The number of nitrogens with one attached hydrogen (secondary N) is 2. The topological polar surface area (TPSA) is 76.7 Å². The summed E-state index contributed by atoms with van der Waals surface area (Å²) in [6, 6.07) is 17.1. The van der Waals surface area contributed by atoms with Crippen molar-refractivity contribution < 1.29 is 19.1 Å². The second-order valence-corrected chi connectivity index (χ2v) is 5.70. The van der Waals surface area contributed by atoms with Gasteiger partial charge in [0.1, 0.15) is 12.7 Å². The van der Waals surface area contributed by atoms with Crippen LogP contribution in [-0.4, -0.2) is 37.6 Å². The van der Waals surface area contributed by atoms with E-state index in [0.717, 1.165) is 5.56 Å². The van der Waals surface area contributed by atoms with Gasteiger partial charge in [0.25, 0.3) is 0 Å². The number of rotatable bonds is 5. The van der Waals surface area contributed by atoms with Gasteiger partial charge in [-0.15, -0.1) is 0 Å². The van der Waals surface area contributed by atoms with Gasteiger partial charge in [-0.25, -0.2) is 0 Å². The third-order valence-corrected chi connectivity index (χ3v) is 3.81. The lowest BCUT2D eigenvalue weighted by molar-refractivity contribution is -0.139. The van der Waals surface area contributed by atoms with Gasteiger partial charge in [0.05, 0.1) is 6.54 Å². The van der Waals surface area contributed by atoms with Crippen molar-refractivity contribution in [1.82, 2.24) is 10.6 Å². The molecule has 0 saturated heterocycles. The summed E-state index contributed by atoms with van der Waals surface area (Å²) in [6.45, 7) is 0.943. The molecule has 0 spiro atoms. The van der Waals surface area contributed by atoms with Crippen molar-refractivity contribution in [3.8, 4) is 11.5 Å². The fourth-order valence-electron chi connectivity index (χ4n) is 2.50.